The van der Waals surface area contributed by atoms with E-state index in [0.717, 1.165) is 12.1 Å². The van der Waals surface area contributed by atoms with Gasteiger partial charge in [0.1, 0.15) is 12.7 Å². The molecule has 2 aromatic rings. The Kier molecular flexibility index (Phi) is 3.33. The van der Waals surface area contributed by atoms with Crippen LogP contribution in [-0.4, -0.2) is 14.8 Å². The maximum Gasteiger partial charge on any atom is 0.416 e. The van der Waals surface area contributed by atoms with E-state index in [0.29, 0.717) is 12.1 Å². The number of nitrogens with two attached hydrogens (primary N) is 1. The minimum absolute atomic E-state index is 0.366. The van der Waals surface area contributed by atoms with E-state index in [1.54, 1.807) is 0 Å². The van der Waals surface area contributed by atoms with Crippen molar-refractivity contribution in [2.24, 2.45) is 5.73 Å². The van der Waals surface area contributed by atoms with Gasteiger partial charge in [0.15, 0.2) is 0 Å². The van der Waals surface area contributed by atoms with Crippen molar-refractivity contribution in [1.82, 2.24) is 14.8 Å². The number of hydrogen-bond acceptors (Lipinski definition) is 3. The van der Waals surface area contributed by atoms with Crippen LogP contribution in [0.3, 0.4) is 0 Å². The van der Waals surface area contributed by atoms with Gasteiger partial charge in [-0.3, -0.25) is 4.68 Å². The number of aromatic nitrogens is 3. The van der Waals surface area contributed by atoms with Gasteiger partial charge < -0.3 is 5.73 Å². The van der Waals surface area contributed by atoms with Crippen LogP contribution in [-0.2, 0) is 12.7 Å². The van der Waals surface area contributed by atoms with Crippen LogP contribution in [0.15, 0.2) is 36.9 Å². The zero-order valence-electron chi connectivity index (χ0n) is 9.30. The van der Waals surface area contributed by atoms with Gasteiger partial charge in [0, 0.05) is 6.04 Å². The predicted octanol–water partition coefficient (Wildman–Crippen LogP) is 2.00. The Balaban J connectivity index is 2.10. The van der Waals surface area contributed by atoms with Crippen molar-refractivity contribution >= 4 is 0 Å². The molecule has 4 nitrogen and oxygen atoms in total. The monoisotopic (exact) mass is 256 g/mol. The second-order valence-corrected chi connectivity index (χ2v) is 3.84. The molecule has 2 rings (SSSR count). The number of alkyl halides is 3. The first-order chi connectivity index (χ1) is 8.47. The average Bonchev–Trinajstić information content (AvgIpc) is 2.81. The van der Waals surface area contributed by atoms with Crippen LogP contribution in [0.1, 0.15) is 17.2 Å². The van der Waals surface area contributed by atoms with Gasteiger partial charge in [-0.25, -0.2) is 4.98 Å². The summed E-state index contributed by atoms with van der Waals surface area (Å²) in [6, 6.07) is 4.39. The molecule has 1 aromatic heterocycles. The van der Waals surface area contributed by atoms with Gasteiger partial charge >= 0.3 is 6.18 Å². The SMILES string of the molecule is NC(Cn1cncn1)c1ccc(C(F)(F)F)cc1. The highest BCUT2D eigenvalue weighted by Gasteiger charge is 2.30. The van der Waals surface area contributed by atoms with Crippen LogP contribution in [0, 0.1) is 0 Å². The molecule has 0 fully saturated rings. The lowest BCUT2D eigenvalue weighted by Crippen LogP contribution is -2.18. The fourth-order valence-electron chi connectivity index (χ4n) is 1.55. The van der Waals surface area contributed by atoms with Crippen molar-refractivity contribution in [2.75, 3.05) is 0 Å². The smallest absolute Gasteiger partial charge is 0.322 e. The number of rotatable bonds is 3. The summed E-state index contributed by atoms with van der Waals surface area (Å²) in [5.41, 5.74) is 5.82. The third-order valence-corrected chi connectivity index (χ3v) is 2.52. The molecule has 0 radical (unpaired) electrons. The van der Waals surface area contributed by atoms with E-state index in [2.05, 4.69) is 10.1 Å². The second kappa shape index (κ2) is 4.77. The molecule has 0 aliphatic rings. The van der Waals surface area contributed by atoms with Gasteiger partial charge in [-0.05, 0) is 17.7 Å². The minimum atomic E-state index is -4.32. The first-order valence-electron chi connectivity index (χ1n) is 5.22. The van der Waals surface area contributed by atoms with Crippen molar-refractivity contribution in [3.63, 3.8) is 0 Å². The lowest BCUT2D eigenvalue weighted by molar-refractivity contribution is -0.137. The summed E-state index contributed by atoms with van der Waals surface area (Å²) < 4.78 is 38.6. The standard InChI is InChI=1S/C11H11F3N4/c12-11(13,14)9-3-1-8(2-4-9)10(15)5-18-7-16-6-17-18/h1-4,6-7,10H,5,15H2. The van der Waals surface area contributed by atoms with Gasteiger partial charge in [-0.2, -0.15) is 18.3 Å². The fraction of sp³-hybridized carbons (Fsp3) is 0.273. The number of benzene rings is 1. The lowest BCUT2D eigenvalue weighted by atomic mass is 10.1. The molecule has 0 saturated carbocycles. The summed E-state index contributed by atoms with van der Waals surface area (Å²) in [5.74, 6) is 0. The molecule has 96 valence electrons. The third kappa shape index (κ3) is 2.86. The van der Waals surface area contributed by atoms with Gasteiger partial charge in [0.05, 0.1) is 12.1 Å². The van der Waals surface area contributed by atoms with E-state index in [9.17, 15) is 13.2 Å². The summed E-state index contributed by atoms with van der Waals surface area (Å²) in [6.07, 6.45) is -1.45. The maximum atomic E-state index is 12.4. The Morgan fingerprint density at radius 2 is 1.89 bits per heavy atom. The number of halogens is 3. The van der Waals surface area contributed by atoms with Crippen molar-refractivity contribution in [2.45, 2.75) is 18.8 Å². The Bertz CT molecular complexity index is 490. The summed E-state index contributed by atoms with van der Waals surface area (Å²) >= 11 is 0. The molecule has 2 N–H and O–H groups in total. The van der Waals surface area contributed by atoms with Crippen LogP contribution >= 0.6 is 0 Å². The molecule has 1 unspecified atom stereocenters. The van der Waals surface area contributed by atoms with Crippen LogP contribution in [0.2, 0.25) is 0 Å². The van der Waals surface area contributed by atoms with E-state index in [-0.39, 0.29) is 0 Å². The molecular weight excluding hydrogens is 245 g/mol. The van der Waals surface area contributed by atoms with Crippen LogP contribution in [0.25, 0.3) is 0 Å². The Morgan fingerprint density at radius 1 is 1.22 bits per heavy atom. The van der Waals surface area contributed by atoms with E-state index in [4.69, 9.17) is 5.73 Å². The van der Waals surface area contributed by atoms with Gasteiger partial charge in [-0.15, -0.1) is 0 Å². The van der Waals surface area contributed by atoms with E-state index in [1.165, 1.54) is 29.5 Å². The quantitative estimate of drug-likeness (QED) is 0.913. The van der Waals surface area contributed by atoms with E-state index >= 15 is 0 Å². The number of nitrogens with zero attached hydrogens (tertiary/aromatic N) is 3. The molecule has 1 heterocycles. The third-order valence-electron chi connectivity index (χ3n) is 2.52. The first kappa shape index (κ1) is 12.6. The zero-order chi connectivity index (χ0) is 13.2. The Labute approximate surface area is 101 Å². The molecule has 0 amide bonds. The Hall–Kier alpha value is -1.89. The summed E-state index contributed by atoms with van der Waals surface area (Å²) in [5, 5.41) is 3.88. The van der Waals surface area contributed by atoms with Gasteiger partial charge in [0.2, 0.25) is 0 Å². The fourth-order valence-corrected chi connectivity index (χ4v) is 1.55. The lowest BCUT2D eigenvalue weighted by Gasteiger charge is -2.13. The van der Waals surface area contributed by atoms with Crippen LogP contribution in [0.5, 0.6) is 0 Å². The zero-order valence-corrected chi connectivity index (χ0v) is 9.30. The molecule has 0 aliphatic carbocycles. The van der Waals surface area contributed by atoms with E-state index < -0.39 is 17.8 Å². The maximum absolute atomic E-state index is 12.4. The summed E-state index contributed by atoms with van der Waals surface area (Å²) in [4.78, 5) is 3.76. The average molecular weight is 256 g/mol. The topological polar surface area (TPSA) is 56.7 Å². The normalized spacial score (nSPS) is 13.6. The molecule has 0 aliphatic heterocycles. The highest BCUT2D eigenvalue weighted by atomic mass is 19.4. The highest BCUT2D eigenvalue weighted by Crippen LogP contribution is 2.29. The van der Waals surface area contributed by atoms with Crippen molar-refractivity contribution in [1.29, 1.82) is 0 Å². The van der Waals surface area contributed by atoms with Gasteiger partial charge in [0.25, 0.3) is 0 Å². The number of hydrogen-bond donors (Lipinski definition) is 1. The van der Waals surface area contributed by atoms with Crippen molar-refractivity contribution in [3.05, 3.63) is 48.0 Å². The molecular formula is C11H11F3N4. The van der Waals surface area contributed by atoms with E-state index in [1.807, 2.05) is 0 Å². The van der Waals surface area contributed by atoms with Crippen LogP contribution < -0.4 is 5.73 Å². The minimum Gasteiger partial charge on any atom is -0.322 e. The highest BCUT2D eigenvalue weighted by molar-refractivity contribution is 5.26. The molecule has 0 saturated heterocycles. The molecule has 7 heteroatoms. The summed E-state index contributed by atoms with van der Waals surface area (Å²) in [6.45, 7) is 0.366. The molecule has 18 heavy (non-hydrogen) atoms. The predicted molar refractivity (Wildman–Crippen MR) is 58.4 cm³/mol. The first-order valence-corrected chi connectivity index (χ1v) is 5.22. The van der Waals surface area contributed by atoms with Crippen molar-refractivity contribution < 1.29 is 13.2 Å². The molecule has 0 spiro atoms. The molecule has 0 bridgehead atoms. The summed E-state index contributed by atoms with van der Waals surface area (Å²) in [7, 11) is 0. The largest absolute Gasteiger partial charge is 0.416 e. The Morgan fingerprint density at radius 3 is 2.39 bits per heavy atom. The molecule has 1 atom stereocenters. The van der Waals surface area contributed by atoms with Crippen LogP contribution in [0.4, 0.5) is 13.2 Å². The second-order valence-electron chi connectivity index (χ2n) is 3.84. The molecule has 1 aromatic carbocycles. The van der Waals surface area contributed by atoms with Crippen molar-refractivity contribution in [3.8, 4) is 0 Å². The van der Waals surface area contributed by atoms with Gasteiger partial charge in [-0.1, -0.05) is 12.1 Å².